The van der Waals surface area contributed by atoms with Gasteiger partial charge in [0, 0.05) is 12.5 Å². The fourth-order valence-electron chi connectivity index (χ4n) is 1.40. The number of aliphatic hydroxyl groups excluding tert-OH is 2. The predicted molar refractivity (Wildman–Crippen MR) is 87.2 cm³/mol. The van der Waals surface area contributed by atoms with Gasteiger partial charge in [0.25, 0.3) is 0 Å². The zero-order chi connectivity index (χ0) is 19.8. The minimum absolute atomic E-state index is 0.258. The van der Waals surface area contributed by atoms with Crippen molar-refractivity contribution in [2.24, 2.45) is 0 Å². The molecule has 2 atom stereocenters. The molecule has 0 aliphatic carbocycles. The Kier molecular flexibility index (Phi) is 19.1. The second-order valence-corrected chi connectivity index (χ2v) is 7.98. The molecule has 0 spiro atoms. The highest BCUT2D eigenvalue weighted by molar-refractivity contribution is 7.85. The van der Waals surface area contributed by atoms with Crippen molar-refractivity contribution >= 4 is 20.2 Å². The first-order chi connectivity index (χ1) is 10.8. The Labute approximate surface area is 145 Å². The molecule has 0 saturated heterocycles. The van der Waals surface area contributed by atoms with Crippen LogP contribution in [0.1, 0.15) is 26.7 Å². The molecular formula is C12H32N2O8S2. The van der Waals surface area contributed by atoms with Gasteiger partial charge in [-0.2, -0.15) is 0 Å². The standard InChI is InChI=1S/C10H24N2O2.2CH4O3S/c1-3-9(7-13)11-5-6-12-10(4-2)8-14;2*1-5(2,3)4/h9-14H,3-8H2,1-2H3;2*1H3,(H,2,3,4)/t9-,10-;;/m0../s1. The quantitative estimate of drug-likeness (QED) is 0.224. The molecule has 12 heteroatoms. The molecule has 10 nitrogen and oxygen atoms in total. The number of quaternary nitrogens is 2. The van der Waals surface area contributed by atoms with Gasteiger partial charge < -0.3 is 30.0 Å². The minimum Gasteiger partial charge on any atom is -0.748 e. The van der Waals surface area contributed by atoms with E-state index in [2.05, 4.69) is 24.5 Å². The molecule has 0 unspecified atom stereocenters. The third-order valence-corrected chi connectivity index (χ3v) is 2.68. The minimum atomic E-state index is -3.92. The number of hydrogen-bond acceptors (Lipinski definition) is 8. The lowest BCUT2D eigenvalue weighted by Crippen LogP contribution is -3.00. The van der Waals surface area contributed by atoms with Crippen LogP contribution in [0.3, 0.4) is 0 Å². The van der Waals surface area contributed by atoms with Crippen LogP contribution in [0.25, 0.3) is 0 Å². The van der Waals surface area contributed by atoms with Gasteiger partial charge in [0.2, 0.25) is 0 Å². The molecule has 150 valence electrons. The molecular weight excluding hydrogens is 364 g/mol. The summed E-state index contributed by atoms with van der Waals surface area (Å²) in [5, 5.41) is 22.3. The van der Waals surface area contributed by atoms with Gasteiger partial charge in [-0.15, -0.1) is 0 Å². The van der Waals surface area contributed by atoms with Crippen LogP contribution in [0.4, 0.5) is 0 Å². The van der Waals surface area contributed by atoms with Crippen molar-refractivity contribution in [1.29, 1.82) is 0 Å². The molecule has 0 rings (SSSR count). The van der Waals surface area contributed by atoms with Crippen LogP contribution in [0, 0.1) is 0 Å². The molecule has 0 fully saturated rings. The molecule has 0 radical (unpaired) electrons. The molecule has 0 aromatic rings. The van der Waals surface area contributed by atoms with Crippen molar-refractivity contribution in [3.8, 4) is 0 Å². The highest BCUT2D eigenvalue weighted by Crippen LogP contribution is 1.80. The summed E-state index contributed by atoms with van der Waals surface area (Å²) in [7, 11) is -7.83. The fourth-order valence-corrected chi connectivity index (χ4v) is 1.40. The first-order valence-electron chi connectivity index (χ1n) is 7.48. The van der Waals surface area contributed by atoms with Crippen molar-refractivity contribution in [3.05, 3.63) is 0 Å². The van der Waals surface area contributed by atoms with Crippen molar-refractivity contribution in [1.82, 2.24) is 0 Å². The van der Waals surface area contributed by atoms with E-state index in [0.717, 1.165) is 25.9 Å². The number of nitrogens with two attached hydrogens (primary N) is 2. The summed E-state index contributed by atoms with van der Waals surface area (Å²) >= 11 is 0. The van der Waals surface area contributed by atoms with E-state index in [9.17, 15) is 0 Å². The van der Waals surface area contributed by atoms with Gasteiger partial charge in [0.05, 0.1) is 33.5 Å². The van der Waals surface area contributed by atoms with Crippen LogP contribution in [0.15, 0.2) is 0 Å². The van der Waals surface area contributed by atoms with E-state index < -0.39 is 20.2 Å². The maximum atomic E-state index is 9.08. The van der Waals surface area contributed by atoms with Crippen LogP contribution in [-0.2, 0) is 20.2 Å². The molecule has 0 aromatic carbocycles. The smallest absolute Gasteiger partial charge is 0.126 e. The Hall–Kier alpha value is -0.340. The SMILES string of the molecule is CC[C@@H](CO)[NH2+]CC[NH2+][C@@H](CC)CO.CS(=O)(=O)[O-].CS(=O)(=O)[O-]. The van der Waals surface area contributed by atoms with E-state index in [4.69, 9.17) is 36.2 Å². The van der Waals surface area contributed by atoms with Crippen LogP contribution >= 0.6 is 0 Å². The van der Waals surface area contributed by atoms with E-state index in [-0.39, 0.29) is 13.2 Å². The molecule has 0 saturated carbocycles. The van der Waals surface area contributed by atoms with Crippen LogP contribution in [-0.4, -0.2) is 87.1 Å². The summed E-state index contributed by atoms with van der Waals surface area (Å²) < 4.78 is 54.5. The monoisotopic (exact) mass is 396 g/mol. The fraction of sp³-hybridized carbons (Fsp3) is 1.00. The van der Waals surface area contributed by atoms with Crippen LogP contribution in [0.2, 0.25) is 0 Å². The van der Waals surface area contributed by atoms with Crippen LogP contribution in [0.5, 0.6) is 0 Å². The van der Waals surface area contributed by atoms with E-state index in [0.29, 0.717) is 24.6 Å². The Morgan fingerprint density at radius 3 is 1.12 bits per heavy atom. The van der Waals surface area contributed by atoms with Crippen molar-refractivity contribution < 1.29 is 46.8 Å². The molecule has 0 heterocycles. The molecule has 0 aliphatic rings. The third-order valence-electron chi connectivity index (χ3n) is 2.68. The number of aliphatic hydroxyl groups is 2. The predicted octanol–water partition coefficient (Wildman–Crippen LogP) is -4.02. The summed E-state index contributed by atoms with van der Waals surface area (Å²) in [5.74, 6) is 0. The van der Waals surface area contributed by atoms with E-state index >= 15 is 0 Å². The first-order valence-corrected chi connectivity index (χ1v) is 11.1. The van der Waals surface area contributed by atoms with Gasteiger partial charge >= 0.3 is 0 Å². The number of hydrogen-bond donors (Lipinski definition) is 4. The van der Waals surface area contributed by atoms with E-state index in [1.54, 1.807) is 0 Å². The molecule has 6 N–H and O–H groups in total. The summed E-state index contributed by atoms with van der Waals surface area (Å²) in [6, 6.07) is 0.690. The highest BCUT2D eigenvalue weighted by Gasteiger charge is 2.09. The van der Waals surface area contributed by atoms with Gasteiger partial charge in [-0.1, -0.05) is 13.8 Å². The normalized spacial score (nSPS) is 13.8. The molecule has 0 amide bonds. The zero-order valence-corrected chi connectivity index (χ0v) is 16.3. The molecule has 24 heavy (non-hydrogen) atoms. The van der Waals surface area contributed by atoms with E-state index in [1.165, 1.54) is 0 Å². The third kappa shape index (κ3) is 43.0. The van der Waals surface area contributed by atoms with Gasteiger partial charge in [0.1, 0.15) is 25.2 Å². The largest absolute Gasteiger partial charge is 0.748 e. The second kappa shape index (κ2) is 16.1. The maximum absolute atomic E-state index is 9.08. The lowest BCUT2D eigenvalue weighted by atomic mass is 10.2. The summed E-state index contributed by atoms with van der Waals surface area (Å²) in [4.78, 5) is 0. The zero-order valence-electron chi connectivity index (χ0n) is 14.7. The Morgan fingerprint density at radius 2 is 1.00 bits per heavy atom. The second-order valence-electron chi connectivity index (χ2n) is 5.16. The van der Waals surface area contributed by atoms with E-state index in [1.807, 2.05) is 0 Å². The topological polar surface area (TPSA) is 188 Å². The Balaban J connectivity index is -0.000000361. The van der Waals surface area contributed by atoms with Crippen molar-refractivity contribution in [2.75, 3.05) is 38.8 Å². The van der Waals surface area contributed by atoms with Gasteiger partial charge in [0.15, 0.2) is 0 Å². The van der Waals surface area contributed by atoms with Gasteiger partial charge in [-0.05, 0) is 12.8 Å². The molecule has 0 aromatic heterocycles. The van der Waals surface area contributed by atoms with Gasteiger partial charge in [-0.25, -0.2) is 16.8 Å². The summed E-state index contributed by atoms with van der Waals surface area (Å²) in [6.07, 6.45) is 3.22. The molecule has 0 aliphatic heterocycles. The van der Waals surface area contributed by atoms with Crippen molar-refractivity contribution in [2.45, 2.75) is 38.8 Å². The lowest BCUT2D eigenvalue weighted by molar-refractivity contribution is -0.755. The lowest BCUT2D eigenvalue weighted by Gasteiger charge is -2.12. The van der Waals surface area contributed by atoms with Crippen molar-refractivity contribution in [3.63, 3.8) is 0 Å². The first kappa shape index (κ1) is 28.5. The maximum Gasteiger partial charge on any atom is 0.126 e. The molecule has 0 bridgehead atoms. The van der Waals surface area contributed by atoms with Gasteiger partial charge in [-0.3, -0.25) is 0 Å². The average Bonchev–Trinajstić information content (AvgIpc) is 2.39. The number of rotatable bonds is 9. The average molecular weight is 397 g/mol. The summed E-state index contributed by atoms with van der Waals surface area (Å²) in [6.45, 7) is 6.71. The summed E-state index contributed by atoms with van der Waals surface area (Å²) in [5.41, 5.74) is 0. The van der Waals surface area contributed by atoms with Crippen LogP contribution < -0.4 is 10.6 Å². The Bertz CT molecular complexity index is 399. The highest BCUT2D eigenvalue weighted by atomic mass is 32.2. The Morgan fingerprint density at radius 1 is 0.792 bits per heavy atom.